The molecule has 1 aliphatic rings. The van der Waals surface area contributed by atoms with Crippen molar-refractivity contribution in [2.75, 3.05) is 30.3 Å². The number of nitrogens with one attached hydrogen (secondary N) is 2. The van der Waals surface area contributed by atoms with Crippen LogP contribution in [0.15, 0.2) is 65.6 Å². The molecule has 0 aliphatic carbocycles. The number of ether oxygens (including phenoxy) is 1. The van der Waals surface area contributed by atoms with Crippen LogP contribution in [0.25, 0.3) is 10.4 Å². The second-order valence-electron chi connectivity index (χ2n) is 7.65. The molecule has 1 saturated heterocycles. The predicted molar refractivity (Wildman–Crippen MR) is 140 cm³/mol. The van der Waals surface area contributed by atoms with Crippen LogP contribution in [0, 0.1) is 0 Å². The van der Waals surface area contributed by atoms with Crippen molar-refractivity contribution in [1.82, 2.24) is 4.31 Å². The molecule has 0 atom stereocenters. The van der Waals surface area contributed by atoms with Crippen LogP contribution < -0.4 is 10.6 Å². The van der Waals surface area contributed by atoms with E-state index in [2.05, 4.69) is 10.6 Å². The average Bonchev–Trinajstić information content (AvgIpc) is 3.51. The number of esters is 1. The van der Waals surface area contributed by atoms with Crippen molar-refractivity contribution in [2.24, 2.45) is 0 Å². The third kappa shape index (κ3) is 5.47. The highest BCUT2D eigenvalue weighted by Crippen LogP contribution is 2.36. The number of thiophene rings is 1. The van der Waals surface area contributed by atoms with Gasteiger partial charge in [0.2, 0.25) is 10.0 Å². The molecule has 0 amide bonds. The minimum absolute atomic E-state index is 0.259. The van der Waals surface area contributed by atoms with Crippen molar-refractivity contribution in [3.8, 4) is 10.4 Å². The zero-order valence-electron chi connectivity index (χ0n) is 18.6. The molecule has 1 aromatic heterocycles. The van der Waals surface area contributed by atoms with Crippen molar-refractivity contribution >= 4 is 55.3 Å². The number of thiocarbonyl (C=S) groups is 1. The number of hydrogen-bond donors (Lipinski definition) is 2. The van der Waals surface area contributed by atoms with Gasteiger partial charge in [-0.1, -0.05) is 30.3 Å². The van der Waals surface area contributed by atoms with Crippen molar-refractivity contribution in [1.29, 1.82) is 0 Å². The van der Waals surface area contributed by atoms with Gasteiger partial charge in [0.1, 0.15) is 5.00 Å². The summed E-state index contributed by atoms with van der Waals surface area (Å²) in [7, 11) is -3.47. The predicted octanol–water partition coefficient (Wildman–Crippen LogP) is 5.19. The third-order valence-electron chi connectivity index (χ3n) is 5.33. The maximum atomic E-state index is 12.7. The zero-order valence-corrected chi connectivity index (χ0v) is 21.1. The Hall–Kier alpha value is -2.79. The molecule has 2 aromatic carbocycles. The molecular formula is C24H25N3O4S3. The van der Waals surface area contributed by atoms with Gasteiger partial charge in [0.15, 0.2) is 5.11 Å². The average molecular weight is 516 g/mol. The van der Waals surface area contributed by atoms with Gasteiger partial charge >= 0.3 is 5.97 Å². The summed E-state index contributed by atoms with van der Waals surface area (Å²) >= 11 is 6.86. The smallest absolute Gasteiger partial charge is 0.341 e. The van der Waals surface area contributed by atoms with E-state index in [-0.39, 0.29) is 16.6 Å². The molecule has 0 unspecified atom stereocenters. The second kappa shape index (κ2) is 10.6. The Morgan fingerprint density at radius 1 is 1.06 bits per heavy atom. The number of sulfonamides is 1. The standard InChI is InChI=1S/C24H25N3O4S3/c1-2-31-23(28)20-16-21(17-8-4-3-5-9-17)33-22(20)26-24(32)25-18-10-12-19(13-11-18)34(29,30)27-14-6-7-15-27/h3-5,8-13,16H,2,6-7,14-15H2,1H3,(H2,25,26,32). The first-order valence-electron chi connectivity index (χ1n) is 10.9. The molecule has 3 aromatic rings. The molecular weight excluding hydrogens is 490 g/mol. The molecule has 7 nitrogen and oxygen atoms in total. The largest absolute Gasteiger partial charge is 0.462 e. The van der Waals surface area contributed by atoms with Crippen LogP contribution in [0.3, 0.4) is 0 Å². The van der Waals surface area contributed by atoms with E-state index in [4.69, 9.17) is 17.0 Å². The normalized spacial score (nSPS) is 14.0. The van der Waals surface area contributed by atoms with Crippen LogP contribution in [-0.2, 0) is 14.8 Å². The van der Waals surface area contributed by atoms with Gasteiger partial charge in [0.05, 0.1) is 17.1 Å². The maximum Gasteiger partial charge on any atom is 0.341 e. The topological polar surface area (TPSA) is 87.7 Å². The lowest BCUT2D eigenvalue weighted by Gasteiger charge is -2.16. The highest BCUT2D eigenvalue weighted by Gasteiger charge is 2.27. The van der Waals surface area contributed by atoms with E-state index in [9.17, 15) is 13.2 Å². The van der Waals surface area contributed by atoms with Crippen LogP contribution in [-0.4, -0.2) is 43.5 Å². The van der Waals surface area contributed by atoms with Crippen molar-refractivity contribution in [3.05, 3.63) is 66.2 Å². The lowest BCUT2D eigenvalue weighted by molar-refractivity contribution is 0.0528. The fraction of sp³-hybridized carbons (Fsp3) is 0.250. The zero-order chi connectivity index (χ0) is 24.1. The van der Waals surface area contributed by atoms with Crippen LogP contribution in [0.2, 0.25) is 0 Å². The van der Waals surface area contributed by atoms with Gasteiger partial charge in [-0.25, -0.2) is 13.2 Å². The summed E-state index contributed by atoms with van der Waals surface area (Å²) in [6, 6.07) is 18.0. The van der Waals surface area contributed by atoms with Gasteiger partial charge in [-0.15, -0.1) is 11.3 Å². The summed E-state index contributed by atoms with van der Waals surface area (Å²) in [6.07, 6.45) is 1.78. The van der Waals surface area contributed by atoms with E-state index in [1.165, 1.54) is 15.6 Å². The minimum Gasteiger partial charge on any atom is -0.462 e. The molecule has 1 aliphatic heterocycles. The van der Waals surface area contributed by atoms with Crippen LogP contribution in [0.1, 0.15) is 30.1 Å². The molecule has 0 bridgehead atoms. The molecule has 0 radical (unpaired) electrons. The molecule has 2 heterocycles. The van der Waals surface area contributed by atoms with E-state index >= 15 is 0 Å². The Balaban J connectivity index is 1.49. The number of nitrogens with zero attached hydrogens (tertiary/aromatic N) is 1. The number of benzene rings is 2. The lowest BCUT2D eigenvalue weighted by atomic mass is 10.1. The van der Waals surface area contributed by atoms with Crippen molar-refractivity contribution < 1.29 is 17.9 Å². The summed E-state index contributed by atoms with van der Waals surface area (Å²) < 4.78 is 32.1. The Morgan fingerprint density at radius 3 is 2.38 bits per heavy atom. The molecule has 178 valence electrons. The Labute approximate surface area is 208 Å². The molecule has 1 fully saturated rings. The number of hydrogen-bond acceptors (Lipinski definition) is 6. The first-order valence-corrected chi connectivity index (χ1v) is 13.6. The molecule has 4 rings (SSSR count). The number of rotatable bonds is 7. The Kier molecular flexibility index (Phi) is 7.62. The SMILES string of the molecule is CCOC(=O)c1cc(-c2ccccc2)sc1NC(=S)Nc1ccc(S(=O)(=O)N2CCCC2)cc1. The third-order valence-corrected chi connectivity index (χ3v) is 8.54. The Bertz CT molecular complexity index is 1270. The van der Waals surface area contributed by atoms with Gasteiger partial charge in [-0.05, 0) is 67.9 Å². The fourth-order valence-electron chi connectivity index (χ4n) is 3.64. The summed E-state index contributed by atoms with van der Waals surface area (Å²) in [5.74, 6) is -0.428. The van der Waals surface area contributed by atoms with Gasteiger partial charge < -0.3 is 15.4 Å². The lowest BCUT2D eigenvalue weighted by Crippen LogP contribution is -2.27. The Morgan fingerprint density at radius 2 is 1.74 bits per heavy atom. The molecule has 2 N–H and O–H groups in total. The first kappa shape index (κ1) is 24.3. The highest BCUT2D eigenvalue weighted by molar-refractivity contribution is 7.89. The van der Waals surface area contributed by atoms with Crippen molar-refractivity contribution in [2.45, 2.75) is 24.7 Å². The van der Waals surface area contributed by atoms with Gasteiger partial charge in [-0.2, -0.15) is 4.31 Å². The van der Waals surface area contributed by atoms with Gasteiger partial charge in [-0.3, -0.25) is 0 Å². The fourth-order valence-corrected chi connectivity index (χ4v) is 6.50. The monoisotopic (exact) mass is 515 g/mol. The summed E-state index contributed by atoms with van der Waals surface area (Å²) in [6.45, 7) is 3.15. The van der Waals surface area contributed by atoms with E-state index in [0.29, 0.717) is 29.3 Å². The van der Waals surface area contributed by atoms with Crippen LogP contribution in [0.4, 0.5) is 10.7 Å². The second-order valence-corrected chi connectivity index (χ2v) is 11.1. The van der Waals surface area contributed by atoms with Gasteiger partial charge in [0, 0.05) is 23.7 Å². The summed E-state index contributed by atoms with van der Waals surface area (Å²) in [4.78, 5) is 13.7. The summed E-state index contributed by atoms with van der Waals surface area (Å²) in [5.41, 5.74) is 2.03. The highest BCUT2D eigenvalue weighted by atomic mass is 32.2. The first-order chi connectivity index (χ1) is 16.4. The quantitative estimate of drug-likeness (QED) is 0.331. The molecule has 34 heavy (non-hydrogen) atoms. The minimum atomic E-state index is -3.47. The van der Waals surface area contributed by atoms with E-state index < -0.39 is 16.0 Å². The van der Waals surface area contributed by atoms with E-state index in [1.807, 2.05) is 30.3 Å². The van der Waals surface area contributed by atoms with E-state index in [0.717, 1.165) is 23.3 Å². The number of anilines is 2. The van der Waals surface area contributed by atoms with Crippen LogP contribution in [0.5, 0.6) is 0 Å². The van der Waals surface area contributed by atoms with E-state index in [1.54, 1.807) is 37.3 Å². The molecule has 0 saturated carbocycles. The van der Waals surface area contributed by atoms with Crippen molar-refractivity contribution in [3.63, 3.8) is 0 Å². The summed E-state index contributed by atoms with van der Waals surface area (Å²) in [5, 5.41) is 6.99. The van der Waals surface area contributed by atoms with Crippen LogP contribution >= 0.6 is 23.6 Å². The van der Waals surface area contributed by atoms with Gasteiger partial charge in [0.25, 0.3) is 0 Å². The molecule has 0 spiro atoms. The molecule has 10 heteroatoms. The maximum absolute atomic E-state index is 12.7. The number of carbonyl (C=O) groups is 1. The number of carbonyl (C=O) groups excluding carboxylic acids is 1.